The van der Waals surface area contributed by atoms with Crippen molar-refractivity contribution in [2.45, 2.75) is 98.8 Å². The Morgan fingerprint density at radius 3 is 2.00 bits per heavy atom. The lowest BCUT2D eigenvalue weighted by atomic mass is 9.81. The Bertz CT molecular complexity index is 228. The average molecular weight is 268 g/mol. The summed E-state index contributed by atoms with van der Waals surface area (Å²) in [6.45, 7) is 11.2. The first kappa shape index (κ1) is 18.7. The molecule has 114 valence electrons. The van der Waals surface area contributed by atoms with E-state index in [1.54, 1.807) is 6.92 Å². The SMILES string of the molecule is CC(=O)CCCCCCCC(C)(C)CCCC(C)C. The molecule has 0 atom stereocenters. The quantitative estimate of drug-likeness (QED) is 0.387. The summed E-state index contributed by atoms with van der Waals surface area (Å²) < 4.78 is 0. The van der Waals surface area contributed by atoms with Crippen molar-refractivity contribution in [3.63, 3.8) is 0 Å². The van der Waals surface area contributed by atoms with Crippen molar-refractivity contribution < 1.29 is 4.79 Å². The third-order valence-corrected chi connectivity index (χ3v) is 4.02. The van der Waals surface area contributed by atoms with Crippen molar-refractivity contribution in [3.8, 4) is 0 Å². The van der Waals surface area contributed by atoms with Gasteiger partial charge in [-0.25, -0.2) is 0 Å². The van der Waals surface area contributed by atoms with Crippen LogP contribution in [-0.4, -0.2) is 5.78 Å². The minimum absolute atomic E-state index is 0.339. The van der Waals surface area contributed by atoms with Crippen LogP contribution in [0.3, 0.4) is 0 Å². The standard InChI is InChI=1S/C18H36O/c1-16(2)12-11-15-18(4,5)14-10-8-6-7-9-13-17(3)19/h16H,6-15H2,1-5H3. The fourth-order valence-electron chi connectivity index (χ4n) is 2.62. The van der Waals surface area contributed by atoms with E-state index in [4.69, 9.17) is 0 Å². The van der Waals surface area contributed by atoms with Crippen LogP contribution in [0.1, 0.15) is 98.8 Å². The highest BCUT2D eigenvalue weighted by Crippen LogP contribution is 2.30. The molecule has 0 heterocycles. The Kier molecular flexibility index (Phi) is 10.3. The van der Waals surface area contributed by atoms with Gasteiger partial charge >= 0.3 is 0 Å². The zero-order chi connectivity index (χ0) is 14.7. The maximum Gasteiger partial charge on any atom is 0.129 e. The van der Waals surface area contributed by atoms with Crippen LogP contribution in [0.4, 0.5) is 0 Å². The van der Waals surface area contributed by atoms with E-state index in [9.17, 15) is 4.79 Å². The zero-order valence-electron chi connectivity index (χ0n) is 14.1. The highest BCUT2D eigenvalue weighted by atomic mass is 16.1. The molecule has 0 amide bonds. The van der Waals surface area contributed by atoms with Crippen molar-refractivity contribution in [1.82, 2.24) is 0 Å². The van der Waals surface area contributed by atoms with Gasteiger partial charge in [0.05, 0.1) is 0 Å². The van der Waals surface area contributed by atoms with Gasteiger partial charge in [0.1, 0.15) is 5.78 Å². The molecule has 0 aromatic heterocycles. The number of hydrogen-bond donors (Lipinski definition) is 0. The van der Waals surface area contributed by atoms with E-state index in [0.717, 1.165) is 18.8 Å². The lowest BCUT2D eigenvalue weighted by Crippen LogP contribution is -2.11. The molecule has 0 N–H and O–H groups in total. The second kappa shape index (κ2) is 10.5. The van der Waals surface area contributed by atoms with Crippen LogP contribution in [0, 0.1) is 11.3 Å². The molecular formula is C18H36O. The number of unbranched alkanes of at least 4 members (excludes halogenated alkanes) is 4. The summed E-state index contributed by atoms with van der Waals surface area (Å²) in [4.78, 5) is 10.8. The predicted molar refractivity (Wildman–Crippen MR) is 85.5 cm³/mol. The van der Waals surface area contributed by atoms with Gasteiger partial charge in [0.2, 0.25) is 0 Å². The molecular weight excluding hydrogens is 232 g/mol. The van der Waals surface area contributed by atoms with Crippen molar-refractivity contribution in [1.29, 1.82) is 0 Å². The number of carbonyl (C=O) groups excluding carboxylic acids is 1. The van der Waals surface area contributed by atoms with E-state index in [-0.39, 0.29) is 0 Å². The Hall–Kier alpha value is -0.330. The number of ketones is 1. The van der Waals surface area contributed by atoms with Crippen molar-refractivity contribution in [2.24, 2.45) is 11.3 Å². The molecule has 0 aliphatic rings. The maximum atomic E-state index is 10.8. The van der Waals surface area contributed by atoms with Crippen molar-refractivity contribution in [2.75, 3.05) is 0 Å². The van der Waals surface area contributed by atoms with E-state index in [0.29, 0.717) is 11.2 Å². The smallest absolute Gasteiger partial charge is 0.129 e. The molecule has 0 unspecified atom stereocenters. The molecule has 0 rings (SSSR count). The minimum atomic E-state index is 0.339. The van der Waals surface area contributed by atoms with Gasteiger partial charge in [-0.3, -0.25) is 0 Å². The maximum absolute atomic E-state index is 10.8. The largest absolute Gasteiger partial charge is 0.300 e. The fourth-order valence-corrected chi connectivity index (χ4v) is 2.62. The summed E-state index contributed by atoms with van der Waals surface area (Å²) in [6, 6.07) is 0. The number of carbonyl (C=O) groups is 1. The highest BCUT2D eigenvalue weighted by Gasteiger charge is 2.16. The first-order chi connectivity index (χ1) is 8.83. The van der Waals surface area contributed by atoms with Gasteiger partial charge in [0, 0.05) is 6.42 Å². The molecule has 19 heavy (non-hydrogen) atoms. The summed E-state index contributed by atoms with van der Waals surface area (Å²) in [7, 11) is 0. The van der Waals surface area contributed by atoms with Gasteiger partial charge in [-0.1, -0.05) is 66.2 Å². The lowest BCUT2D eigenvalue weighted by Gasteiger charge is -2.25. The third-order valence-electron chi connectivity index (χ3n) is 4.02. The first-order valence-electron chi connectivity index (χ1n) is 8.33. The summed E-state index contributed by atoms with van der Waals surface area (Å²) >= 11 is 0. The third kappa shape index (κ3) is 13.9. The van der Waals surface area contributed by atoms with Gasteiger partial charge in [-0.05, 0) is 37.5 Å². The Labute approximate surface area is 121 Å². The number of Topliss-reactive ketones (excluding diaryl/α,β-unsaturated/α-hetero) is 1. The fraction of sp³-hybridized carbons (Fsp3) is 0.944. The summed E-state index contributed by atoms with van der Waals surface area (Å²) in [6.07, 6.45) is 12.6. The normalized spacial score (nSPS) is 12.1. The molecule has 0 aliphatic carbocycles. The summed E-state index contributed by atoms with van der Waals surface area (Å²) in [5, 5.41) is 0. The highest BCUT2D eigenvalue weighted by molar-refractivity contribution is 5.75. The first-order valence-corrected chi connectivity index (χ1v) is 8.33. The topological polar surface area (TPSA) is 17.1 Å². The molecule has 0 aliphatic heterocycles. The monoisotopic (exact) mass is 268 g/mol. The molecule has 0 aromatic rings. The van der Waals surface area contributed by atoms with Crippen LogP contribution in [0.15, 0.2) is 0 Å². The van der Waals surface area contributed by atoms with Gasteiger partial charge in [0.15, 0.2) is 0 Å². The Balaban J connectivity index is 3.44. The molecule has 0 spiro atoms. The summed E-state index contributed by atoms with van der Waals surface area (Å²) in [5.74, 6) is 1.18. The Morgan fingerprint density at radius 1 is 0.895 bits per heavy atom. The van der Waals surface area contributed by atoms with E-state index in [2.05, 4.69) is 27.7 Å². The molecule has 0 fully saturated rings. The van der Waals surface area contributed by atoms with E-state index in [1.165, 1.54) is 51.4 Å². The lowest BCUT2D eigenvalue weighted by molar-refractivity contribution is -0.117. The van der Waals surface area contributed by atoms with Crippen LogP contribution in [0.2, 0.25) is 0 Å². The molecule has 0 saturated heterocycles. The van der Waals surface area contributed by atoms with Crippen molar-refractivity contribution >= 4 is 5.78 Å². The number of rotatable bonds is 12. The molecule has 0 radical (unpaired) electrons. The second-order valence-electron chi connectivity index (χ2n) is 7.42. The van der Waals surface area contributed by atoms with Crippen LogP contribution in [0.25, 0.3) is 0 Å². The minimum Gasteiger partial charge on any atom is -0.300 e. The predicted octanol–water partition coefficient (Wildman–Crippen LogP) is 6.16. The molecule has 0 bridgehead atoms. The average Bonchev–Trinajstić information content (AvgIpc) is 2.26. The summed E-state index contributed by atoms with van der Waals surface area (Å²) in [5.41, 5.74) is 0.522. The molecule has 0 saturated carbocycles. The van der Waals surface area contributed by atoms with E-state index in [1.807, 2.05) is 0 Å². The van der Waals surface area contributed by atoms with Gasteiger partial charge in [0.25, 0.3) is 0 Å². The van der Waals surface area contributed by atoms with E-state index < -0.39 is 0 Å². The molecule has 1 nitrogen and oxygen atoms in total. The second-order valence-corrected chi connectivity index (χ2v) is 7.42. The Morgan fingerprint density at radius 2 is 1.42 bits per heavy atom. The van der Waals surface area contributed by atoms with Crippen molar-refractivity contribution in [3.05, 3.63) is 0 Å². The van der Waals surface area contributed by atoms with Gasteiger partial charge in [-0.2, -0.15) is 0 Å². The van der Waals surface area contributed by atoms with Crippen LogP contribution >= 0.6 is 0 Å². The zero-order valence-corrected chi connectivity index (χ0v) is 14.1. The molecule has 1 heteroatoms. The van der Waals surface area contributed by atoms with Crippen LogP contribution in [0.5, 0.6) is 0 Å². The number of hydrogen-bond acceptors (Lipinski definition) is 1. The van der Waals surface area contributed by atoms with Crippen LogP contribution in [-0.2, 0) is 4.79 Å². The van der Waals surface area contributed by atoms with E-state index >= 15 is 0 Å². The molecule has 0 aromatic carbocycles. The van der Waals surface area contributed by atoms with Crippen LogP contribution < -0.4 is 0 Å². The van der Waals surface area contributed by atoms with Gasteiger partial charge in [-0.15, -0.1) is 0 Å². The van der Waals surface area contributed by atoms with Gasteiger partial charge < -0.3 is 4.79 Å².